The average Bonchev–Trinajstić information content (AvgIpc) is 2.40. The van der Waals surface area contributed by atoms with Gasteiger partial charge in [-0.15, -0.1) is 0 Å². The molecule has 0 saturated carbocycles. The van der Waals surface area contributed by atoms with Gasteiger partial charge >= 0.3 is 0 Å². The number of nitrogens with one attached hydrogen (secondary N) is 2. The van der Waals surface area contributed by atoms with Crippen LogP contribution in [0.25, 0.3) is 0 Å². The van der Waals surface area contributed by atoms with Crippen molar-refractivity contribution in [2.24, 2.45) is 0 Å². The molecule has 1 rings (SSSR count). The zero-order valence-electron chi connectivity index (χ0n) is 12.9. The second kappa shape index (κ2) is 8.94. The fourth-order valence-electron chi connectivity index (χ4n) is 2.73. The van der Waals surface area contributed by atoms with Crippen LogP contribution in [0.1, 0.15) is 39.0 Å². The van der Waals surface area contributed by atoms with Gasteiger partial charge in [-0.2, -0.15) is 17.4 Å². The van der Waals surface area contributed by atoms with Gasteiger partial charge < -0.3 is 10.1 Å². The van der Waals surface area contributed by atoms with E-state index >= 15 is 0 Å². The Morgan fingerprint density at radius 2 is 2.15 bits per heavy atom. The summed E-state index contributed by atoms with van der Waals surface area (Å²) in [5.41, 5.74) is 0. The van der Waals surface area contributed by atoms with E-state index in [2.05, 4.69) is 10.0 Å². The molecule has 1 heterocycles. The van der Waals surface area contributed by atoms with Crippen molar-refractivity contribution in [2.75, 3.05) is 33.9 Å². The molecule has 0 spiro atoms. The average molecular weight is 307 g/mol. The summed E-state index contributed by atoms with van der Waals surface area (Å²) in [7, 11) is 0.0227. The highest BCUT2D eigenvalue weighted by atomic mass is 32.2. The highest BCUT2D eigenvalue weighted by Crippen LogP contribution is 2.19. The summed E-state index contributed by atoms with van der Waals surface area (Å²) < 4.78 is 34.6. The van der Waals surface area contributed by atoms with Gasteiger partial charge in [0.25, 0.3) is 10.2 Å². The molecule has 0 aromatic carbocycles. The molecule has 2 unspecified atom stereocenters. The Labute approximate surface area is 123 Å². The monoisotopic (exact) mass is 307 g/mol. The van der Waals surface area contributed by atoms with Gasteiger partial charge in [-0.3, -0.25) is 0 Å². The van der Waals surface area contributed by atoms with E-state index in [0.717, 1.165) is 32.1 Å². The second-order valence-corrected chi connectivity index (χ2v) is 7.04. The summed E-state index contributed by atoms with van der Waals surface area (Å²) in [6, 6.07) is -0.0942. The van der Waals surface area contributed by atoms with Crippen molar-refractivity contribution in [3.05, 3.63) is 0 Å². The molecule has 0 aliphatic carbocycles. The van der Waals surface area contributed by atoms with E-state index in [-0.39, 0.29) is 12.1 Å². The molecule has 7 heteroatoms. The van der Waals surface area contributed by atoms with Crippen LogP contribution in [0.15, 0.2) is 0 Å². The third kappa shape index (κ3) is 5.29. The maximum absolute atomic E-state index is 12.6. The number of ether oxygens (including phenoxy) is 1. The molecule has 120 valence electrons. The Morgan fingerprint density at radius 1 is 1.40 bits per heavy atom. The van der Waals surface area contributed by atoms with E-state index in [1.807, 2.05) is 14.0 Å². The van der Waals surface area contributed by atoms with Gasteiger partial charge in [0.2, 0.25) is 0 Å². The third-order valence-electron chi connectivity index (χ3n) is 3.64. The van der Waals surface area contributed by atoms with Crippen LogP contribution >= 0.6 is 0 Å². The van der Waals surface area contributed by atoms with Crippen LogP contribution < -0.4 is 10.0 Å². The summed E-state index contributed by atoms with van der Waals surface area (Å²) in [5.74, 6) is 0. The molecule has 0 aromatic heterocycles. The largest absolute Gasteiger partial charge is 0.383 e. The van der Waals surface area contributed by atoms with Crippen molar-refractivity contribution in [3.8, 4) is 0 Å². The SMILES string of the molecule is CCCC(COC)NS(=O)(=O)N1CCCCC1CNC. The maximum atomic E-state index is 12.6. The first-order valence-electron chi connectivity index (χ1n) is 7.47. The van der Waals surface area contributed by atoms with Crippen molar-refractivity contribution in [1.82, 2.24) is 14.3 Å². The van der Waals surface area contributed by atoms with Crippen LogP contribution in [-0.4, -0.2) is 58.7 Å². The van der Waals surface area contributed by atoms with E-state index in [4.69, 9.17) is 4.74 Å². The van der Waals surface area contributed by atoms with Gasteiger partial charge in [-0.25, -0.2) is 0 Å². The minimum atomic E-state index is -3.43. The van der Waals surface area contributed by atoms with Gasteiger partial charge in [0.05, 0.1) is 6.61 Å². The van der Waals surface area contributed by atoms with E-state index in [1.165, 1.54) is 0 Å². The van der Waals surface area contributed by atoms with Gasteiger partial charge in [0.1, 0.15) is 0 Å². The van der Waals surface area contributed by atoms with Crippen LogP contribution in [0.5, 0.6) is 0 Å². The summed E-state index contributed by atoms with van der Waals surface area (Å²) in [5, 5.41) is 3.08. The molecule has 1 aliphatic heterocycles. The van der Waals surface area contributed by atoms with E-state index in [1.54, 1.807) is 11.4 Å². The molecular formula is C13H29N3O3S. The first-order chi connectivity index (χ1) is 9.55. The van der Waals surface area contributed by atoms with Crippen molar-refractivity contribution in [3.63, 3.8) is 0 Å². The molecule has 0 radical (unpaired) electrons. The molecule has 0 amide bonds. The molecule has 1 fully saturated rings. The van der Waals surface area contributed by atoms with Crippen molar-refractivity contribution >= 4 is 10.2 Å². The van der Waals surface area contributed by atoms with Gasteiger partial charge in [0, 0.05) is 32.3 Å². The highest BCUT2D eigenvalue weighted by molar-refractivity contribution is 7.87. The number of piperidine rings is 1. The first-order valence-corrected chi connectivity index (χ1v) is 8.91. The zero-order chi connectivity index (χ0) is 15.0. The lowest BCUT2D eigenvalue weighted by Crippen LogP contribution is -2.54. The lowest BCUT2D eigenvalue weighted by molar-refractivity contribution is 0.168. The molecule has 2 N–H and O–H groups in total. The molecule has 1 aliphatic rings. The molecular weight excluding hydrogens is 278 g/mol. The minimum Gasteiger partial charge on any atom is -0.383 e. The predicted molar refractivity (Wildman–Crippen MR) is 80.9 cm³/mol. The van der Waals surface area contributed by atoms with Crippen LogP contribution in [0.4, 0.5) is 0 Å². The highest BCUT2D eigenvalue weighted by Gasteiger charge is 2.33. The lowest BCUT2D eigenvalue weighted by atomic mass is 10.1. The second-order valence-electron chi connectivity index (χ2n) is 5.38. The topological polar surface area (TPSA) is 70.7 Å². The van der Waals surface area contributed by atoms with E-state index in [9.17, 15) is 8.42 Å². The summed E-state index contributed by atoms with van der Waals surface area (Å²) in [6.07, 6.45) is 4.66. The number of nitrogens with zero attached hydrogens (tertiary/aromatic N) is 1. The van der Waals surface area contributed by atoms with Gasteiger partial charge in [0.15, 0.2) is 0 Å². The molecule has 0 bridgehead atoms. The molecule has 2 atom stereocenters. The summed E-state index contributed by atoms with van der Waals surface area (Å²) >= 11 is 0. The number of methoxy groups -OCH3 is 1. The summed E-state index contributed by atoms with van der Waals surface area (Å²) in [6.45, 7) is 3.76. The van der Waals surface area contributed by atoms with Crippen LogP contribution in [0.2, 0.25) is 0 Å². The van der Waals surface area contributed by atoms with Crippen LogP contribution in [-0.2, 0) is 14.9 Å². The molecule has 20 heavy (non-hydrogen) atoms. The number of likely N-dealkylation sites (N-methyl/N-ethyl adjacent to an activating group) is 1. The lowest BCUT2D eigenvalue weighted by Gasteiger charge is -2.35. The first kappa shape index (κ1) is 17.8. The Balaban J connectivity index is 2.73. The number of rotatable bonds is 9. The quantitative estimate of drug-likeness (QED) is 0.658. The third-order valence-corrected chi connectivity index (χ3v) is 5.37. The van der Waals surface area contributed by atoms with E-state index in [0.29, 0.717) is 19.7 Å². The summed E-state index contributed by atoms with van der Waals surface area (Å²) in [4.78, 5) is 0. The smallest absolute Gasteiger partial charge is 0.280 e. The zero-order valence-corrected chi connectivity index (χ0v) is 13.7. The van der Waals surface area contributed by atoms with Gasteiger partial charge in [-0.05, 0) is 26.3 Å². The number of hydrogen-bond donors (Lipinski definition) is 2. The Kier molecular flexibility index (Phi) is 7.98. The van der Waals surface area contributed by atoms with Crippen LogP contribution in [0.3, 0.4) is 0 Å². The fourth-order valence-corrected chi connectivity index (χ4v) is 4.42. The van der Waals surface area contributed by atoms with Crippen molar-refractivity contribution < 1.29 is 13.2 Å². The Hall–Kier alpha value is -0.210. The molecule has 6 nitrogen and oxygen atoms in total. The van der Waals surface area contributed by atoms with Crippen molar-refractivity contribution in [1.29, 1.82) is 0 Å². The van der Waals surface area contributed by atoms with Crippen LogP contribution in [0, 0.1) is 0 Å². The predicted octanol–water partition coefficient (Wildman–Crippen LogP) is 0.710. The van der Waals surface area contributed by atoms with Crippen molar-refractivity contribution in [2.45, 2.75) is 51.1 Å². The minimum absolute atomic E-state index is 0.0519. The number of hydrogen-bond acceptors (Lipinski definition) is 4. The van der Waals surface area contributed by atoms with E-state index < -0.39 is 10.2 Å². The standard InChI is InChI=1S/C13H29N3O3S/c1-4-7-12(11-19-3)15-20(17,18)16-9-6-5-8-13(16)10-14-2/h12-15H,4-11H2,1-3H3. The molecule has 0 aromatic rings. The normalized spacial score (nSPS) is 22.9. The van der Waals surface area contributed by atoms with Gasteiger partial charge in [-0.1, -0.05) is 19.8 Å². The fraction of sp³-hybridized carbons (Fsp3) is 1.00. The Bertz CT molecular complexity index is 354. The maximum Gasteiger partial charge on any atom is 0.280 e. The molecule has 1 saturated heterocycles. The Morgan fingerprint density at radius 3 is 2.75 bits per heavy atom.